The second-order valence-corrected chi connectivity index (χ2v) is 4.51. The fourth-order valence-corrected chi connectivity index (χ4v) is 1.80. The van der Waals surface area contributed by atoms with Gasteiger partial charge in [0.25, 0.3) is 5.91 Å². The number of aromatic amines is 1. The number of aromatic nitrogens is 1. The maximum atomic E-state index is 12.9. The van der Waals surface area contributed by atoms with Crippen molar-refractivity contribution in [2.75, 3.05) is 5.32 Å². The van der Waals surface area contributed by atoms with Crippen molar-refractivity contribution in [3.05, 3.63) is 63.0 Å². The number of amides is 1. The Hall–Kier alpha value is -2.28. The summed E-state index contributed by atoms with van der Waals surface area (Å²) in [6.07, 6.45) is -4.67. The number of rotatable bonds is 2. The summed E-state index contributed by atoms with van der Waals surface area (Å²) in [5.41, 5.74) is -2.19. The summed E-state index contributed by atoms with van der Waals surface area (Å²) in [7, 11) is 0. The third-order valence-electron chi connectivity index (χ3n) is 2.55. The summed E-state index contributed by atoms with van der Waals surface area (Å²) < 4.78 is 38.6. The largest absolute Gasteiger partial charge is 0.418 e. The molecule has 0 spiro atoms. The van der Waals surface area contributed by atoms with Gasteiger partial charge in [0.15, 0.2) is 0 Å². The highest BCUT2D eigenvalue weighted by Gasteiger charge is 2.34. The van der Waals surface area contributed by atoms with E-state index in [1.54, 1.807) is 0 Å². The Morgan fingerprint density at radius 1 is 1.19 bits per heavy atom. The minimum Gasteiger partial charge on any atom is -0.320 e. The van der Waals surface area contributed by atoms with Crippen LogP contribution < -0.4 is 10.9 Å². The van der Waals surface area contributed by atoms with Crippen molar-refractivity contribution < 1.29 is 18.0 Å². The summed E-state index contributed by atoms with van der Waals surface area (Å²) in [6, 6.07) is 6.76. The number of hydrogen-bond donors (Lipinski definition) is 2. The molecule has 1 aromatic heterocycles. The number of carbonyl (C=O) groups is 1. The minimum absolute atomic E-state index is 0.103. The lowest BCUT2D eigenvalue weighted by Gasteiger charge is -2.14. The molecule has 21 heavy (non-hydrogen) atoms. The van der Waals surface area contributed by atoms with Gasteiger partial charge in [-0.2, -0.15) is 13.2 Å². The van der Waals surface area contributed by atoms with Crippen molar-refractivity contribution in [1.82, 2.24) is 4.98 Å². The molecule has 0 unspecified atom stereocenters. The molecule has 0 fully saturated rings. The quantitative estimate of drug-likeness (QED) is 0.893. The molecule has 0 bridgehead atoms. The van der Waals surface area contributed by atoms with Crippen LogP contribution in [0, 0.1) is 0 Å². The second kappa shape index (κ2) is 5.61. The highest BCUT2D eigenvalue weighted by molar-refractivity contribution is 6.30. The Labute approximate surface area is 121 Å². The molecule has 0 aliphatic rings. The Bertz CT molecular complexity index is 741. The Balaban J connectivity index is 2.36. The molecule has 2 aromatic rings. The average molecular weight is 317 g/mol. The van der Waals surface area contributed by atoms with E-state index in [0.717, 1.165) is 6.07 Å². The average Bonchev–Trinajstić information content (AvgIpc) is 2.39. The number of carbonyl (C=O) groups excluding carboxylic acids is 1. The maximum Gasteiger partial charge on any atom is 0.418 e. The molecule has 8 heteroatoms. The molecule has 1 amide bonds. The van der Waals surface area contributed by atoms with Crippen molar-refractivity contribution in [1.29, 1.82) is 0 Å². The Kier molecular flexibility index (Phi) is 4.04. The molecule has 1 heterocycles. The maximum absolute atomic E-state index is 12.9. The lowest BCUT2D eigenvalue weighted by Crippen LogP contribution is -2.20. The fraction of sp³-hybridized carbons (Fsp3) is 0.0769. The molecular formula is C13H8ClF3N2O2. The number of halogens is 4. The Morgan fingerprint density at radius 3 is 2.52 bits per heavy atom. The van der Waals surface area contributed by atoms with Gasteiger partial charge >= 0.3 is 6.18 Å². The molecule has 1 aromatic carbocycles. The van der Waals surface area contributed by atoms with Gasteiger partial charge in [-0.25, -0.2) is 0 Å². The molecule has 0 saturated heterocycles. The van der Waals surface area contributed by atoms with Gasteiger partial charge in [0.05, 0.1) is 11.3 Å². The zero-order chi connectivity index (χ0) is 15.6. The number of benzene rings is 1. The van der Waals surface area contributed by atoms with Crippen molar-refractivity contribution >= 4 is 23.2 Å². The van der Waals surface area contributed by atoms with Gasteiger partial charge in [0.1, 0.15) is 5.69 Å². The SMILES string of the molecule is O=C(Nc1ccc(Cl)cc1C(F)(F)F)c1cccc(=O)[nH]1. The van der Waals surface area contributed by atoms with Crippen LogP contribution in [0.15, 0.2) is 41.2 Å². The van der Waals surface area contributed by atoms with Gasteiger partial charge < -0.3 is 10.3 Å². The normalized spacial score (nSPS) is 11.2. The topological polar surface area (TPSA) is 62.0 Å². The smallest absolute Gasteiger partial charge is 0.320 e. The van der Waals surface area contributed by atoms with Crippen LogP contribution >= 0.6 is 11.6 Å². The van der Waals surface area contributed by atoms with Crippen LogP contribution in [-0.2, 0) is 6.18 Å². The summed E-state index contributed by atoms with van der Waals surface area (Å²) in [5.74, 6) is -0.861. The van der Waals surface area contributed by atoms with Gasteiger partial charge in [0.2, 0.25) is 5.56 Å². The van der Waals surface area contributed by atoms with Gasteiger partial charge in [-0.3, -0.25) is 9.59 Å². The highest BCUT2D eigenvalue weighted by atomic mass is 35.5. The van der Waals surface area contributed by atoms with Crippen LogP contribution in [0.3, 0.4) is 0 Å². The second-order valence-electron chi connectivity index (χ2n) is 4.07. The lowest BCUT2D eigenvalue weighted by atomic mass is 10.1. The highest BCUT2D eigenvalue weighted by Crippen LogP contribution is 2.36. The molecule has 0 radical (unpaired) electrons. The van der Waals surface area contributed by atoms with E-state index in [0.29, 0.717) is 6.07 Å². The lowest BCUT2D eigenvalue weighted by molar-refractivity contribution is -0.136. The first-order chi connectivity index (χ1) is 9.77. The number of pyridine rings is 1. The predicted molar refractivity (Wildman–Crippen MR) is 71.5 cm³/mol. The number of nitrogens with one attached hydrogen (secondary N) is 2. The summed E-state index contributed by atoms with van der Waals surface area (Å²) in [5, 5.41) is 2.00. The number of anilines is 1. The fourth-order valence-electron chi connectivity index (χ4n) is 1.63. The molecular weight excluding hydrogens is 309 g/mol. The standard InChI is InChI=1S/C13H8ClF3N2O2/c14-7-4-5-9(8(6-7)13(15,16)17)19-12(21)10-2-1-3-11(20)18-10/h1-6H,(H,18,20)(H,19,21). The molecule has 2 N–H and O–H groups in total. The zero-order valence-electron chi connectivity index (χ0n) is 10.3. The summed E-state index contributed by atoms with van der Waals surface area (Å²) in [6.45, 7) is 0. The minimum atomic E-state index is -4.67. The van der Waals surface area contributed by atoms with Crippen molar-refractivity contribution in [3.63, 3.8) is 0 Å². The molecule has 2 rings (SSSR count). The van der Waals surface area contributed by atoms with Crippen molar-refractivity contribution in [3.8, 4) is 0 Å². The van der Waals surface area contributed by atoms with Crippen molar-refractivity contribution in [2.24, 2.45) is 0 Å². The monoisotopic (exact) mass is 316 g/mol. The third-order valence-corrected chi connectivity index (χ3v) is 2.78. The van der Waals surface area contributed by atoms with E-state index in [1.807, 2.05) is 0 Å². The van der Waals surface area contributed by atoms with Crippen LogP contribution in [-0.4, -0.2) is 10.9 Å². The van der Waals surface area contributed by atoms with Crippen LogP contribution in [0.1, 0.15) is 16.1 Å². The molecule has 0 saturated carbocycles. The van der Waals surface area contributed by atoms with E-state index in [4.69, 9.17) is 11.6 Å². The first kappa shape index (κ1) is 15.1. The predicted octanol–water partition coefficient (Wildman–Crippen LogP) is 3.30. The molecule has 110 valence electrons. The zero-order valence-corrected chi connectivity index (χ0v) is 11.0. The molecule has 4 nitrogen and oxygen atoms in total. The van der Waals surface area contributed by atoms with Crippen LogP contribution in [0.4, 0.5) is 18.9 Å². The van der Waals surface area contributed by atoms with Crippen LogP contribution in [0.2, 0.25) is 5.02 Å². The number of alkyl halides is 3. The van der Waals surface area contributed by atoms with E-state index in [1.165, 1.54) is 24.3 Å². The number of H-pyrrole nitrogens is 1. The van der Waals surface area contributed by atoms with Gasteiger partial charge in [-0.15, -0.1) is 0 Å². The van der Waals surface area contributed by atoms with E-state index >= 15 is 0 Å². The van der Waals surface area contributed by atoms with E-state index in [2.05, 4.69) is 10.3 Å². The van der Waals surface area contributed by atoms with Crippen molar-refractivity contribution in [2.45, 2.75) is 6.18 Å². The van der Waals surface area contributed by atoms with Crippen LogP contribution in [0.25, 0.3) is 0 Å². The van der Waals surface area contributed by atoms with Gasteiger partial charge in [-0.05, 0) is 24.3 Å². The van der Waals surface area contributed by atoms with Gasteiger partial charge in [-0.1, -0.05) is 17.7 Å². The van der Waals surface area contributed by atoms with E-state index < -0.39 is 28.9 Å². The summed E-state index contributed by atoms with van der Waals surface area (Å²) in [4.78, 5) is 25.2. The molecule has 0 aliphatic heterocycles. The summed E-state index contributed by atoms with van der Waals surface area (Å²) >= 11 is 5.54. The first-order valence-corrected chi connectivity index (χ1v) is 6.02. The third kappa shape index (κ3) is 3.63. The van der Waals surface area contributed by atoms with Gasteiger partial charge in [0, 0.05) is 11.1 Å². The van der Waals surface area contributed by atoms with E-state index in [-0.39, 0.29) is 10.7 Å². The first-order valence-electron chi connectivity index (χ1n) is 5.65. The Morgan fingerprint density at radius 2 is 1.90 bits per heavy atom. The van der Waals surface area contributed by atoms with E-state index in [9.17, 15) is 22.8 Å². The van der Waals surface area contributed by atoms with Crippen LogP contribution in [0.5, 0.6) is 0 Å². The molecule has 0 atom stereocenters. The number of hydrogen-bond acceptors (Lipinski definition) is 2. The molecule has 0 aliphatic carbocycles.